The zero-order valence-electron chi connectivity index (χ0n) is 13.8. The Bertz CT molecular complexity index is 590. The molecule has 22 heavy (non-hydrogen) atoms. The number of aromatic amines is 1. The second-order valence-corrected chi connectivity index (χ2v) is 6.98. The van der Waals surface area contributed by atoms with Crippen LogP contribution < -0.4 is 5.56 Å². The number of carbonyl (C=O) groups excluding carboxylic acids is 1. The average molecular weight is 323 g/mol. The molecule has 1 aromatic heterocycles. The van der Waals surface area contributed by atoms with Gasteiger partial charge in [0.1, 0.15) is 0 Å². The minimum absolute atomic E-state index is 0.110. The molecule has 1 aliphatic rings. The van der Waals surface area contributed by atoms with Crippen LogP contribution in [0.3, 0.4) is 0 Å². The van der Waals surface area contributed by atoms with Crippen molar-refractivity contribution in [3.05, 3.63) is 21.6 Å². The molecule has 0 bridgehead atoms. The SMILES string of the molecule is CCc1nc(SCC(=O)N2C(C)CCCC2C)[nH]c(=O)c1C. The molecule has 0 radical (unpaired) electrons. The van der Waals surface area contributed by atoms with Gasteiger partial charge in [0.25, 0.3) is 5.56 Å². The maximum atomic E-state index is 12.5. The Kier molecular flexibility index (Phi) is 5.67. The number of aromatic nitrogens is 2. The number of carbonyl (C=O) groups is 1. The van der Waals surface area contributed by atoms with Gasteiger partial charge in [-0.3, -0.25) is 9.59 Å². The number of likely N-dealkylation sites (tertiary alicyclic amines) is 1. The summed E-state index contributed by atoms with van der Waals surface area (Å²) >= 11 is 1.32. The molecular weight excluding hydrogens is 298 g/mol. The number of piperidine rings is 1. The van der Waals surface area contributed by atoms with E-state index in [1.807, 2.05) is 11.8 Å². The highest BCUT2D eigenvalue weighted by molar-refractivity contribution is 7.99. The summed E-state index contributed by atoms with van der Waals surface area (Å²) in [6, 6.07) is 0.598. The van der Waals surface area contributed by atoms with Gasteiger partial charge in [-0.05, 0) is 46.5 Å². The fraction of sp³-hybridized carbons (Fsp3) is 0.688. The molecule has 1 saturated heterocycles. The van der Waals surface area contributed by atoms with Crippen molar-refractivity contribution in [2.24, 2.45) is 0 Å². The van der Waals surface area contributed by atoms with Crippen molar-refractivity contribution in [1.29, 1.82) is 0 Å². The maximum absolute atomic E-state index is 12.5. The number of amides is 1. The van der Waals surface area contributed by atoms with Gasteiger partial charge in [0.15, 0.2) is 5.16 Å². The minimum atomic E-state index is -0.110. The lowest BCUT2D eigenvalue weighted by atomic mass is 9.98. The number of nitrogens with one attached hydrogen (secondary N) is 1. The van der Waals surface area contributed by atoms with Gasteiger partial charge in [-0.25, -0.2) is 4.98 Å². The molecule has 122 valence electrons. The molecule has 1 N–H and O–H groups in total. The molecule has 0 aliphatic carbocycles. The Balaban J connectivity index is 2.05. The van der Waals surface area contributed by atoms with Gasteiger partial charge in [-0.1, -0.05) is 18.7 Å². The molecule has 2 rings (SSSR count). The fourth-order valence-electron chi connectivity index (χ4n) is 3.09. The smallest absolute Gasteiger partial charge is 0.254 e. The van der Waals surface area contributed by atoms with E-state index in [-0.39, 0.29) is 11.5 Å². The molecule has 0 saturated carbocycles. The van der Waals surface area contributed by atoms with Gasteiger partial charge >= 0.3 is 0 Å². The van der Waals surface area contributed by atoms with Crippen molar-refractivity contribution >= 4 is 17.7 Å². The lowest BCUT2D eigenvalue weighted by Gasteiger charge is -2.39. The van der Waals surface area contributed by atoms with E-state index in [9.17, 15) is 9.59 Å². The van der Waals surface area contributed by atoms with E-state index in [0.717, 1.165) is 25.0 Å². The van der Waals surface area contributed by atoms with Crippen molar-refractivity contribution in [2.75, 3.05) is 5.75 Å². The predicted molar refractivity (Wildman–Crippen MR) is 89.3 cm³/mol. The molecule has 5 nitrogen and oxygen atoms in total. The summed E-state index contributed by atoms with van der Waals surface area (Å²) in [5, 5.41) is 0.540. The normalized spacial score (nSPS) is 21.9. The molecule has 2 atom stereocenters. The Labute approximate surface area is 135 Å². The van der Waals surface area contributed by atoms with Crippen LogP contribution in [0, 0.1) is 6.92 Å². The highest BCUT2D eigenvalue weighted by Crippen LogP contribution is 2.24. The largest absolute Gasteiger partial charge is 0.337 e. The van der Waals surface area contributed by atoms with E-state index in [2.05, 4.69) is 23.8 Å². The lowest BCUT2D eigenvalue weighted by Crippen LogP contribution is -2.48. The first kappa shape index (κ1) is 17.1. The Morgan fingerprint density at radius 2 is 2.00 bits per heavy atom. The van der Waals surface area contributed by atoms with Gasteiger partial charge in [0.2, 0.25) is 5.91 Å². The Hall–Kier alpha value is -1.30. The minimum Gasteiger partial charge on any atom is -0.337 e. The molecule has 0 spiro atoms. The van der Waals surface area contributed by atoms with Crippen LogP contribution in [-0.2, 0) is 11.2 Å². The zero-order chi connectivity index (χ0) is 16.3. The summed E-state index contributed by atoms with van der Waals surface area (Å²) in [5.41, 5.74) is 1.36. The second kappa shape index (κ2) is 7.31. The summed E-state index contributed by atoms with van der Waals surface area (Å²) in [5.74, 6) is 0.454. The van der Waals surface area contributed by atoms with Crippen molar-refractivity contribution in [3.63, 3.8) is 0 Å². The van der Waals surface area contributed by atoms with E-state index in [1.54, 1.807) is 6.92 Å². The number of hydrogen-bond acceptors (Lipinski definition) is 4. The van der Waals surface area contributed by atoms with Crippen molar-refractivity contribution in [1.82, 2.24) is 14.9 Å². The van der Waals surface area contributed by atoms with Gasteiger partial charge in [-0.2, -0.15) is 0 Å². The third-order valence-corrected chi connectivity index (χ3v) is 5.24. The highest BCUT2D eigenvalue weighted by Gasteiger charge is 2.28. The van der Waals surface area contributed by atoms with E-state index < -0.39 is 0 Å². The summed E-state index contributed by atoms with van der Waals surface area (Å²) in [6.45, 7) is 7.98. The highest BCUT2D eigenvalue weighted by atomic mass is 32.2. The molecule has 2 unspecified atom stereocenters. The van der Waals surface area contributed by atoms with Gasteiger partial charge in [-0.15, -0.1) is 0 Å². The van der Waals surface area contributed by atoms with Crippen molar-refractivity contribution < 1.29 is 4.79 Å². The van der Waals surface area contributed by atoms with Crippen LogP contribution >= 0.6 is 11.8 Å². The Morgan fingerprint density at radius 3 is 2.59 bits per heavy atom. The summed E-state index contributed by atoms with van der Waals surface area (Å²) < 4.78 is 0. The first-order chi connectivity index (χ1) is 10.4. The quantitative estimate of drug-likeness (QED) is 0.683. The number of hydrogen-bond donors (Lipinski definition) is 1. The van der Waals surface area contributed by atoms with Crippen LogP contribution in [0.25, 0.3) is 0 Å². The molecule has 1 fully saturated rings. The van der Waals surface area contributed by atoms with E-state index in [1.165, 1.54) is 18.2 Å². The molecule has 0 aromatic carbocycles. The van der Waals surface area contributed by atoms with E-state index in [0.29, 0.717) is 28.6 Å². The summed E-state index contributed by atoms with van der Waals surface area (Å²) in [7, 11) is 0. The average Bonchev–Trinajstić information content (AvgIpc) is 2.48. The maximum Gasteiger partial charge on any atom is 0.254 e. The van der Waals surface area contributed by atoms with Crippen LogP contribution in [0.4, 0.5) is 0 Å². The lowest BCUT2D eigenvalue weighted by molar-refractivity contribution is -0.134. The fourth-order valence-corrected chi connectivity index (χ4v) is 3.84. The van der Waals surface area contributed by atoms with Crippen molar-refractivity contribution in [2.45, 2.75) is 70.6 Å². The molecule has 1 aromatic rings. The first-order valence-corrected chi connectivity index (χ1v) is 8.96. The first-order valence-electron chi connectivity index (χ1n) is 7.97. The molecular formula is C16H25N3O2S. The summed E-state index contributed by atoms with van der Waals surface area (Å²) in [6.07, 6.45) is 4.05. The number of aryl methyl sites for hydroxylation is 1. The van der Waals surface area contributed by atoms with Crippen molar-refractivity contribution in [3.8, 4) is 0 Å². The number of thioether (sulfide) groups is 1. The third kappa shape index (κ3) is 3.72. The monoisotopic (exact) mass is 323 g/mol. The third-order valence-electron chi connectivity index (χ3n) is 4.38. The summed E-state index contributed by atoms with van der Waals surface area (Å²) in [4.78, 5) is 33.5. The molecule has 2 heterocycles. The number of H-pyrrole nitrogens is 1. The second-order valence-electron chi connectivity index (χ2n) is 6.01. The topological polar surface area (TPSA) is 66.1 Å². The van der Waals surface area contributed by atoms with Crippen LogP contribution in [0.5, 0.6) is 0 Å². The number of rotatable bonds is 4. The number of nitrogens with zero attached hydrogens (tertiary/aromatic N) is 2. The van der Waals surface area contributed by atoms with Crippen LogP contribution in [0.15, 0.2) is 9.95 Å². The van der Waals surface area contributed by atoms with Crippen LogP contribution in [-0.4, -0.2) is 38.6 Å². The van der Waals surface area contributed by atoms with Gasteiger partial charge < -0.3 is 9.88 Å². The van der Waals surface area contributed by atoms with Gasteiger partial charge in [0, 0.05) is 17.6 Å². The molecule has 1 amide bonds. The van der Waals surface area contributed by atoms with Crippen LogP contribution in [0.2, 0.25) is 0 Å². The van der Waals surface area contributed by atoms with E-state index >= 15 is 0 Å². The zero-order valence-corrected chi connectivity index (χ0v) is 14.6. The van der Waals surface area contributed by atoms with Crippen LogP contribution in [0.1, 0.15) is 51.3 Å². The van der Waals surface area contributed by atoms with E-state index in [4.69, 9.17) is 0 Å². The Morgan fingerprint density at radius 1 is 1.36 bits per heavy atom. The van der Waals surface area contributed by atoms with Gasteiger partial charge in [0.05, 0.1) is 11.4 Å². The standard InChI is InChI=1S/C16H25N3O2S/c1-5-13-12(4)15(21)18-16(17-13)22-9-14(20)19-10(2)7-6-8-11(19)3/h10-11H,5-9H2,1-4H3,(H,17,18,21). The predicted octanol–water partition coefficient (Wildman–Crippen LogP) is 2.52. The molecule has 6 heteroatoms. The molecule has 1 aliphatic heterocycles.